The molecule has 3 amide bonds. The molecule has 0 bridgehead atoms. The Balaban J connectivity index is 1.16. The minimum absolute atomic E-state index is 0.204. The van der Waals surface area contributed by atoms with Gasteiger partial charge in [0, 0.05) is 20.0 Å². The maximum atomic E-state index is 12.9. The molecule has 1 fully saturated rings. The Morgan fingerprint density at radius 2 is 1.37 bits per heavy atom. The third-order valence-electron chi connectivity index (χ3n) is 6.59. The fourth-order valence-electron chi connectivity index (χ4n) is 4.42. The monoisotopic (exact) mass is 610 g/mol. The van der Waals surface area contributed by atoms with Crippen LogP contribution in [0.3, 0.4) is 0 Å². The van der Waals surface area contributed by atoms with E-state index in [-0.39, 0.29) is 24.6 Å². The smallest absolute Gasteiger partial charge is 0.404 e. The second-order valence-electron chi connectivity index (χ2n) is 9.66. The first-order valence-electron chi connectivity index (χ1n) is 14.3. The largest absolute Gasteiger partial charge is 0.465 e. The van der Waals surface area contributed by atoms with Crippen molar-refractivity contribution in [2.24, 2.45) is 7.05 Å². The van der Waals surface area contributed by atoms with E-state index in [2.05, 4.69) is 10.6 Å². The zero-order valence-electron chi connectivity index (χ0n) is 24.5. The summed E-state index contributed by atoms with van der Waals surface area (Å²) in [7, 11) is 1.67. The lowest BCUT2D eigenvalue weighted by Crippen LogP contribution is -2.44. The number of aryl methyl sites for hydroxylation is 1. The average molecular weight is 611 g/mol. The SMILES string of the molecule is Cn1c(=O)n(C2CCC(=O)NC2=O)c2ccc(CCOCCOCCOCCOCCOCCOCCNC(=O)O)cc21. The summed E-state index contributed by atoms with van der Waals surface area (Å²) in [5.74, 6) is -0.766. The summed E-state index contributed by atoms with van der Waals surface area (Å²) >= 11 is 0. The zero-order valence-corrected chi connectivity index (χ0v) is 24.5. The number of amides is 3. The van der Waals surface area contributed by atoms with Crippen LogP contribution < -0.4 is 16.3 Å². The fraction of sp³-hybridized carbons (Fsp3) is 0.643. The van der Waals surface area contributed by atoms with Crippen LogP contribution in [0.15, 0.2) is 23.0 Å². The van der Waals surface area contributed by atoms with Crippen LogP contribution >= 0.6 is 0 Å². The Morgan fingerprint density at radius 1 is 0.837 bits per heavy atom. The van der Waals surface area contributed by atoms with Gasteiger partial charge in [-0.3, -0.25) is 24.0 Å². The lowest BCUT2D eigenvalue weighted by atomic mass is 10.1. The number of imide groups is 1. The van der Waals surface area contributed by atoms with Gasteiger partial charge >= 0.3 is 11.8 Å². The average Bonchev–Trinajstić information content (AvgIpc) is 3.22. The van der Waals surface area contributed by atoms with Crippen molar-refractivity contribution in [1.29, 1.82) is 0 Å². The van der Waals surface area contributed by atoms with Crippen molar-refractivity contribution < 1.29 is 47.9 Å². The van der Waals surface area contributed by atoms with Crippen LogP contribution in [0.25, 0.3) is 11.0 Å². The molecule has 240 valence electrons. The molecule has 2 aromatic rings. The predicted octanol–water partition coefficient (Wildman–Crippen LogP) is 0.227. The minimum Gasteiger partial charge on any atom is -0.465 e. The molecule has 3 rings (SSSR count). The molecule has 0 aliphatic carbocycles. The van der Waals surface area contributed by atoms with Gasteiger partial charge in [-0.05, 0) is 30.5 Å². The van der Waals surface area contributed by atoms with Gasteiger partial charge < -0.3 is 38.8 Å². The van der Waals surface area contributed by atoms with Crippen LogP contribution in [-0.4, -0.2) is 118 Å². The van der Waals surface area contributed by atoms with Crippen molar-refractivity contribution in [3.63, 3.8) is 0 Å². The second-order valence-corrected chi connectivity index (χ2v) is 9.66. The molecular formula is C28H42N4O11. The molecule has 0 radical (unpaired) electrons. The van der Waals surface area contributed by atoms with E-state index < -0.39 is 18.0 Å². The molecular weight excluding hydrogens is 568 g/mol. The molecule has 1 aromatic carbocycles. The molecule has 1 unspecified atom stereocenters. The number of carboxylic acid groups (broad SMARTS) is 1. The van der Waals surface area contributed by atoms with E-state index in [0.29, 0.717) is 97.6 Å². The van der Waals surface area contributed by atoms with E-state index in [9.17, 15) is 19.2 Å². The molecule has 1 aliphatic heterocycles. The fourth-order valence-corrected chi connectivity index (χ4v) is 4.42. The van der Waals surface area contributed by atoms with Crippen molar-refractivity contribution in [2.75, 3.05) is 85.8 Å². The van der Waals surface area contributed by atoms with Crippen LogP contribution in [0, 0.1) is 0 Å². The summed E-state index contributed by atoms with van der Waals surface area (Å²) in [6.07, 6.45) is 0.0892. The molecule has 15 nitrogen and oxygen atoms in total. The summed E-state index contributed by atoms with van der Waals surface area (Å²) < 4.78 is 35.6. The molecule has 15 heteroatoms. The summed E-state index contributed by atoms with van der Waals surface area (Å²) in [5, 5.41) is 12.9. The number of rotatable bonds is 22. The van der Waals surface area contributed by atoms with E-state index in [1.165, 1.54) is 9.13 Å². The zero-order chi connectivity index (χ0) is 30.9. The van der Waals surface area contributed by atoms with Gasteiger partial charge in [-0.25, -0.2) is 9.59 Å². The molecule has 43 heavy (non-hydrogen) atoms. The van der Waals surface area contributed by atoms with E-state index >= 15 is 0 Å². The van der Waals surface area contributed by atoms with Gasteiger partial charge in [0.1, 0.15) is 6.04 Å². The summed E-state index contributed by atoms with van der Waals surface area (Å²) in [6.45, 7) is 5.41. The molecule has 1 aliphatic rings. The van der Waals surface area contributed by atoms with Crippen LogP contribution in [0.4, 0.5) is 4.79 Å². The van der Waals surface area contributed by atoms with Crippen LogP contribution in [0.5, 0.6) is 0 Å². The molecule has 0 saturated carbocycles. The number of carbonyl (C=O) groups excluding carboxylic acids is 2. The Hall–Kier alpha value is -3.34. The third kappa shape index (κ3) is 11.7. The first-order valence-corrected chi connectivity index (χ1v) is 14.3. The van der Waals surface area contributed by atoms with Crippen LogP contribution in [0.1, 0.15) is 24.4 Å². The van der Waals surface area contributed by atoms with E-state index in [4.69, 9.17) is 33.5 Å². The predicted molar refractivity (Wildman–Crippen MR) is 153 cm³/mol. The number of nitrogens with zero attached hydrogens (tertiary/aromatic N) is 2. The number of hydrogen-bond acceptors (Lipinski definition) is 10. The number of imidazole rings is 1. The number of ether oxygens (including phenoxy) is 6. The van der Waals surface area contributed by atoms with Crippen molar-refractivity contribution in [3.8, 4) is 0 Å². The standard InChI is InChI=1S/C28H42N4O11/c1-31-24-20-21(2-3-22(24)32(28(31)37)23-4-5-25(33)30-26(23)34)6-8-38-10-12-40-14-16-42-18-19-43-17-15-41-13-11-39-9-7-29-27(35)36/h2-3,20,23,29H,4-19H2,1H3,(H,35,36)(H,30,33,34). The number of benzene rings is 1. The molecule has 1 aromatic heterocycles. The maximum Gasteiger partial charge on any atom is 0.404 e. The van der Waals surface area contributed by atoms with Crippen molar-refractivity contribution >= 4 is 28.9 Å². The maximum absolute atomic E-state index is 12.9. The summed E-state index contributed by atoms with van der Waals surface area (Å²) in [5.41, 5.74) is 2.09. The van der Waals surface area contributed by atoms with Gasteiger partial charge in [-0.15, -0.1) is 0 Å². The highest BCUT2D eigenvalue weighted by Crippen LogP contribution is 2.23. The summed E-state index contributed by atoms with van der Waals surface area (Å²) in [6, 6.07) is 4.98. The number of aromatic nitrogens is 2. The Bertz CT molecular complexity index is 1230. The normalized spacial score (nSPS) is 15.2. The van der Waals surface area contributed by atoms with E-state index in [0.717, 1.165) is 11.1 Å². The Labute approximate surface area is 249 Å². The van der Waals surface area contributed by atoms with Gasteiger partial charge in [0.25, 0.3) is 0 Å². The Kier molecular flexibility index (Phi) is 15.1. The molecule has 3 N–H and O–H groups in total. The van der Waals surface area contributed by atoms with Gasteiger partial charge in [0.05, 0.1) is 90.3 Å². The van der Waals surface area contributed by atoms with Crippen molar-refractivity contribution in [3.05, 3.63) is 34.2 Å². The second kappa shape index (κ2) is 19.0. The number of piperidine rings is 1. The van der Waals surface area contributed by atoms with Crippen molar-refractivity contribution in [1.82, 2.24) is 19.8 Å². The van der Waals surface area contributed by atoms with Gasteiger partial charge in [-0.2, -0.15) is 0 Å². The topological polar surface area (TPSA) is 178 Å². The number of nitrogens with one attached hydrogen (secondary N) is 2. The summed E-state index contributed by atoms with van der Waals surface area (Å²) in [4.78, 5) is 47.0. The molecule has 1 atom stereocenters. The highest BCUT2D eigenvalue weighted by atomic mass is 16.6. The lowest BCUT2D eigenvalue weighted by Gasteiger charge is -2.21. The first kappa shape index (κ1) is 34.2. The molecule has 2 heterocycles. The first-order chi connectivity index (χ1) is 20.9. The van der Waals surface area contributed by atoms with Gasteiger partial charge in [0.15, 0.2) is 0 Å². The van der Waals surface area contributed by atoms with E-state index in [1.54, 1.807) is 7.05 Å². The van der Waals surface area contributed by atoms with Gasteiger partial charge in [0.2, 0.25) is 11.8 Å². The minimum atomic E-state index is -1.07. The number of hydrogen-bond donors (Lipinski definition) is 3. The quantitative estimate of drug-likeness (QED) is 0.123. The lowest BCUT2D eigenvalue weighted by molar-refractivity contribution is -0.135. The number of carbonyl (C=O) groups is 3. The highest BCUT2D eigenvalue weighted by molar-refractivity contribution is 6.00. The van der Waals surface area contributed by atoms with Gasteiger partial charge in [-0.1, -0.05) is 6.07 Å². The third-order valence-corrected chi connectivity index (χ3v) is 6.59. The van der Waals surface area contributed by atoms with E-state index in [1.807, 2.05) is 18.2 Å². The van der Waals surface area contributed by atoms with Crippen molar-refractivity contribution in [2.45, 2.75) is 25.3 Å². The number of fused-ring (bicyclic) bond motifs is 1. The molecule has 0 spiro atoms. The molecule has 1 saturated heterocycles. The van der Waals surface area contributed by atoms with Crippen LogP contribution in [-0.2, 0) is 51.5 Å². The van der Waals surface area contributed by atoms with Crippen LogP contribution in [0.2, 0.25) is 0 Å². The highest BCUT2D eigenvalue weighted by Gasteiger charge is 2.31. The Morgan fingerprint density at radius 3 is 1.91 bits per heavy atom.